The summed E-state index contributed by atoms with van der Waals surface area (Å²) in [4.78, 5) is 25.9. The topological polar surface area (TPSA) is 49.4 Å². The first-order chi connectivity index (χ1) is 9.49. The Kier molecular flexibility index (Phi) is 3.42. The molecule has 2 heterocycles. The van der Waals surface area contributed by atoms with E-state index in [-0.39, 0.29) is 22.7 Å². The number of nitrogens with one attached hydrogen (secondary N) is 1. The lowest BCUT2D eigenvalue weighted by Gasteiger charge is -2.29. The zero-order valence-corrected chi connectivity index (χ0v) is 12.6. The van der Waals surface area contributed by atoms with Gasteiger partial charge in [0.25, 0.3) is 0 Å². The molecule has 4 nitrogen and oxygen atoms in total. The number of carbonyl (C=O) groups is 2. The summed E-state index contributed by atoms with van der Waals surface area (Å²) in [5.74, 6) is 0.580. The van der Waals surface area contributed by atoms with E-state index in [4.69, 9.17) is 11.6 Å². The Morgan fingerprint density at radius 3 is 3.10 bits per heavy atom. The van der Waals surface area contributed by atoms with Crippen LogP contribution in [0.15, 0.2) is 24.3 Å². The van der Waals surface area contributed by atoms with E-state index in [0.717, 1.165) is 6.42 Å². The van der Waals surface area contributed by atoms with Crippen LogP contribution in [0.5, 0.6) is 0 Å². The number of rotatable bonds is 2. The van der Waals surface area contributed by atoms with Gasteiger partial charge in [0.05, 0.1) is 4.87 Å². The molecule has 106 valence electrons. The molecule has 1 N–H and O–H groups in total. The largest absolute Gasteiger partial charge is 0.324 e. The normalized spacial score (nSPS) is 28.6. The molecule has 2 saturated heterocycles. The lowest BCUT2D eigenvalue weighted by molar-refractivity contribution is -0.135. The Labute approximate surface area is 126 Å². The fourth-order valence-electron chi connectivity index (χ4n) is 2.81. The van der Waals surface area contributed by atoms with Gasteiger partial charge < -0.3 is 10.2 Å². The third-order valence-corrected chi connectivity index (χ3v) is 5.58. The van der Waals surface area contributed by atoms with Crippen LogP contribution in [-0.4, -0.2) is 33.4 Å². The van der Waals surface area contributed by atoms with Crippen molar-refractivity contribution >= 4 is 40.9 Å². The number of halogens is 1. The van der Waals surface area contributed by atoms with Crippen LogP contribution in [0.3, 0.4) is 0 Å². The summed E-state index contributed by atoms with van der Waals surface area (Å²) in [5.41, 5.74) is 0.660. The zero-order chi connectivity index (χ0) is 14.3. The highest BCUT2D eigenvalue weighted by atomic mass is 35.5. The van der Waals surface area contributed by atoms with E-state index in [1.807, 2.05) is 6.92 Å². The predicted molar refractivity (Wildman–Crippen MR) is 80.8 cm³/mol. The maximum Gasteiger partial charge on any atom is 0.248 e. The van der Waals surface area contributed by atoms with E-state index in [1.165, 1.54) is 0 Å². The van der Waals surface area contributed by atoms with Crippen LogP contribution in [0.1, 0.15) is 19.8 Å². The molecule has 0 radical (unpaired) electrons. The summed E-state index contributed by atoms with van der Waals surface area (Å²) in [5, 5.41) is 3.42. The summed E-state index contributed by atoms with van der Waals surface area (Å²) < 4.78 is 0. The highest BCUT2D eigenvalue weighted by Gasteiger charge is 2.52. The Morgan fingerprint density at radius 1 is 1.55 bits per heavy atom. The van der Waals surface area contributed by atoms with Gasteiger partial charge in [-0.25, -0.2) is 0 Å². The van der Waals surface area contributed by atoms with Gasteiger partial charge in [-0.05, 0) is 31.5 Å². The molecule has 2 aliphatic rings. The molecule has 2 amide bonds. The molecule has 1 aromatic rings. The molecule has 2 atom stereocenters. The molecule has 6 heteroatoms. The molecule has 1 aromatic carbocycles. The molecule has 0 spiro atoms. The van der Waals surface area contributed by atoms with Gasteiger partial charge in [-0.15, -0.1) is 11.8 Å². The molecule has 2 fully saturated rings. The average molecular weight is 311 g/mol. The standard InChI is InChI=1S/C14H15ClN2O2S/c1-14-6-5-12(18)17(14)11(8-20-14)13(19)16-10-4-2-3-9(15)7-10/h2-4,7,11H,5-6,8H2,1H3,(H,16,19)/t11-,14-/m1/s1. The number of anilines is 1. The highest BCUT2D eigenvalue weighted by molar-refractivity contribution is 8.01. The van der Waals surface area contributed by atoms with Crippen LogP contribution in [-0.2, 0) is 9.59 Å². The van der Waals surface area contributed by atoms with Crippen LogP contribution in [0.2, 0.25) is 5.02 Å². The van der Waals surface area contributed by atoms with Crippen molar-refractivity contribution in [2.75, 3.05) is 11.1 Å². The minimum absolute atomic E-state index is 0.0729. The van der Waals surface area contributed by atoms with Crippen LogP contribution >= 0.6 is 23.4 Å². The summed E-state index contributed by atoms with van der Waals surface area (Å²) in [6.45, 7) is 2.04. The second-order valence-electron chi connectivity index (χ2n) is 5.27. The fourth-order valence-corrected chi connectivity index (χ4v) is 4.43. The smallest absolute Gasteiger partial charge is 0.248 e. The van der Waals surface area contributed by atoms with Crippen LogP contribution in [0, 0.1) is 0 Å². The second-order valence-corrected chi connectivity index (χ2v) is 7.20. The van der Waals surface area contributed by atoms with Gasteiger partial charge in [-0.1, -0.05) is 17.7 Å². The lowest BCUT2D eigenvalue weighted by Crippen LogP contribution is -2.48. The SMILES string of the molecule is C[C@@]12CCC(=O)N1[C@@H](C(=O)Nc1cccc(Cl)c1)CS2. The number of amides is 2. The Hall–Kier alpha value is -1.20. The Bertz CT molecular complexity index is 580. The molecular weight excluding hydrogens is 296 g/mol. The molecular formula is C14H15ClN2O2S. The van der Waals surface area contributed by atoms with Gasteiger partial charge in [-0.2, -0.15) is 0 Å². The van der Waals surface area contributed by atoms with Gasteiger partial charge >= 0.3 is 0 Å². The number of nitrogens with zero attached hydrogens (tertiary/aromatic N) is 1. The quantitative estimate of drug-likeness (QED) is 0.914. The number of hydrogen-bond donors (Lipinski definition) is 1. The minimum Gasteiger partial charge on any atom is -0.324 e. The number of benzene rings is 1. The third-order valence-electron chi connectivity index (χ3n) is 3.84. The van der Waals surface area contributed by atoms with E-state index in [0.29, 0.717) is 22.9 Å². The van der Waals surface area contributed by atoms with E-state index in [1.54, 1.807) is 40.9 Å². The molecule has 0 aliphatic carbocycles. The summed E-state index contributed by atoms with van der Waals surface area (Å²) in [7, 11) is 0. The summed E-state index contributed by atoms with van der Waals surface area (Å²) >= 11 is 7.59. The molecule has 3 rings (SSSR count). The first kappa shape index (κ1) is 13.8. The number of carbonyl (C=O) groups excluding carboxylic acids is 2. The first-order valence-corrected chi connectivity index (χ1v) is 7.88. The predicted octanol–water partition coefficient (Wildman–Crippen LogP) is 2.73. The molecule has 0 unspecified atom stereocenters. The monoisotopic (exact) mass is 310 g/mol. The van der Waals surface area contributed by atoms with Crippen molar-refractivity contribution in [2.45, 2.75) is 30.7 Å². The molecule has 0 saturated carbocycles. The zero-order valence-electron chi connectivity index (χ0n) is 11.1. The van der Waals surface area contributed by atoms with E-state index in [9.17, 15) is 9.59 Å². The van der Waals surface area contributed by atoms with Gasteiger partial charge in [0.2, 0.25) is 11.8 Å². The van der Waals surface area contributed by atoms with Gasteiger partial charge in [0.1, 0.15) is 6.04 Å². The van der Waals surface area contributed by atoms with E-state index >= 15 is 0 Å². The minimum atomic E-state index is -0.390. The van der Waals surface area contributed by atoms with Crippen molar-refractivity contribution < 1.29 is 9.59 Å². The highest BCUT2D eigenvalue weighted by Crippen LogP contribution is 2.47. The third kappa shape index (κ3) is 2.29. The molecule has 0 bridgehead atoms. The van der Waals surface area contributed by atoms with Crippen molar-refractivity contribution in [1.82, 2.24) is 4.90 Å². The molecule has 2 aliphatic heterocycles. The van der Waals surface area contributed by atoms with Crippen molar-refractivity contribution in [3.8, 4) is 0 Å². The van der Waals surface area contributed by atoms with Gasteiger partial charge in [0.15, 0.2) is 0 Å². The molecule has 0 aromatic heterocycles. The second kappa shape index (κ2) is 4.97. The van der Waals surface area contributed by atoms with Crippen LogP contribution in [0.25, 0.3) is 0 Å². The maximum absolute atomic E-state index is 12.4. The van der Waals surface area contributed by atoms with Gasteiger partial charge in [0, 0.05) is 22.9 Å². The summed E-state index contributed by atoms with van der Waals surface area (Å²) in [6, 6.07) is 6.64. The van der Waals surface area contributed by atoms with Crippen molar-refractivity contribution in [2.24, 2.45) is 0 Å². The van der Waals surface area contributed by atoms with Crippen LogP contribution < -0.4 is 5.32 Å². The number of hydrogen-bond acceptors (Lipinski definition) is 3. The van der Waals surface area contributed by atoms with Gasteiger partial charge in [-0.3, -0.25) is 9.59 Å². The van der Waals surface area contributed by atoms with Crippen molar-refractivity contribution in [1.29, 1.82) is 0 Å². The maximum atomic E-state index is 12.4. The summed E-state index contributed by atoms with van der Waals surface area (Å²) in [6.07, 6.45) is 1.35. The molecule has 20 heavy (non-hydrogen) atoms. The van der Waals surface area contributed by atoms with E-state index in [2.05, 4.69) is 5.32 Å². The van der Waals surface area contributed by atoms with Crippen molar-refractivity contribution in [3.63, 3.8) is 0 Å². The van der Waals surface area contributed by atoms with Crippen LogP contribution in [0.4, 0.5) is 5.69 Å². The first-order valence-electron chi connectivity index (χ1n) is 6.52. The Balaban J connectivity index is 1.76. The Morgan fingerprint density at radius 2 is 2.35 bits per heavy atom. The average Bonchev–Trinajstić information content (AvgIpc) is 2.87. The fraction of sp³-hybridized carbons (Fsp3) is 0.429. The lowest BCUT2D eigenvalue weighted by atomic mass is 10.2. The number of thioether (sulfide) groups is 1. The van der Waals surface area contributed by atoms with Crippen molar-refractivity contribution in [3.05, 3.63) is 29.3 Å². The number of fused-ring (bicyclic) bond motifs is 1. The van der Waals surface area contributed by atoms with E-state index < -0.39 is 0 Å².